The Morgan fingerprint density at radius 1 is 1.53 bits per heavy atom. The summed E-state index contributed by atoms with van der Waals surface area (Å²) in [6, 6.07) is 0. The van der Waals surface area contributed by atoms with E-state index < -0.39 is 0 Å². The van der Waals surface area contributed by atoms with Gasteiger partial charge in [0.25, 0.3) is 0 Å². The number of aromatic nitrogens is 1. The van der Waals surface area contributed by atoms with Crippen LogP contribution in [0.4, 0.5) is 0 Å². The van der Waals surface area contributed by atoms with Crippen molar-refractivity contribution in [1.29, 1.82) is 0 Å². The first-order valence-electron chi connectivity index (χ1n) is 6.48. The Morgan fingerprint density at radius 2 is 2.35 bits per heavy atom. The van der Waals surface area contributed by atoms with Crippen molar-refractivity contribution in [2.75, 3.05) is 13.1 Å². The lowest BCUT2D eigenvalue weighted by Gasteiger charge is -2.21. The van der Waals surface area contributed by atoms with Gasteiger partial charge in [-0.15, -0.1) is 11.3 Å². The van der Waals surface area contributed by atoms with Crippen LogP contribution < -0.4 is 17.7 Å². The predicted octanol–water partition coefficient (Wildman–Crippen LogP) is 0.378. The fourth-order valence-corrected chi connectivity index (χ4v) is 3.47. The fraction of sp³-hybridized carbons (Fsp3) is 0.769. The van der Waals surface area contributed by atoms with Crippen LogP contribution in [-0.4, -0.2) is 18.1 Å². The van der Waals surface area contributed by atoms with Crippen molar-refractivity contribution in [3.63, 3.8) is 0 Å². The molecule has 1 aliphatic carbocycles. The summed E-state index contributed by atoms with van der Waals surface area (Å²) in [6.45, 7) is 6.65. The molecule has 98 valence electrons. The number of fused-ring (bicyclic) bond motifs is 1. The van der Waals surface area contributed by atoms with Gasteiger partial charge in [0, 0.05) is 17.3 Å². The molecule has 0 radical (unpaired) electrons. The highest BCUT2D eigenvalue weighted by molar-refractivity contribution is 7.11. The van der Waals surface area contributed by atoms with Gasteiger partial charge in [0.15, 0.2) is 0 Å². The molecule has 0 aliphatic heterocycles. The molecule has 0 saturated heterocycles. The lowest BCUT2D eigenvalue weighted by molar-refractivity contribution is -0.00000351. The van der Waals surface area contributed by atoms with Crippen molar-refractivity contribution in [3.8, 4) is 0 Å². The van der Waals surface area contributed by atoms with Crippen molar-refractivity contribution in [1.82, 2.24) is 10.3 Å². The maximum atomic E-state index is 4.71. The summed E-state index contributed by atoms with van der Waals surface area (Å²) in [5, 5.41) is 4.81. The number of nitrogens with one attached hydrogen (secondary N) is 1. The van der Waals surface area contributed by atoms with Crippen LogP contribution in [0, 0.1) is 6.92 Å². The molecule has 0 aromatic carbocycles. The lowest BCUT2D eigenvalue weighted by atomic mass is 9.91. The minimum absolute atomic E-state index is 0. The molecule has 0 fully saturated rings. The number of rotatable bonds is 5. The van der Waals surface area contributed by atoms with Crippen LogP contribution in [0.15, 0.2) is 0 Å². The molecule has 0 spiro atoms. The Morgan fingerprint density at radius 3 is 3.12 bits per heavy atom. The minimum Gasteiger partial charge on any atom is -1.00 e. The third-order valence-corrected chi connectivity index (χ3v) is 4.32. The van der Waals surface area contributed by atoms with Gasteiger partial charge in [-0.2, -0.15) is 0 Å². The summed E-state index contributed by atoms with van der Waals surface area (Å²) in [4.78, 5) is 6.26. The summed E-state index contributed by atoms with van der Waals surface area (Å²) in [6.07, 6.45) is 6.48. The Labute approximate surface area is 116 Å². The molecule has 1 heterocycles. The molecule has 2 rings (SSSR count). The topological polar surface area (TPSA) is 24.9 Å². The normalized spacial score (nSPS) is 18.6. The van der Waals surface area contributed by atoms with Crippen LogP contribution in [0.3, 0.4) is 0 Å². The van der Waals surface area contributed by atoms with Crippen LogP contribution >= 0.6 is 11.3 Å². The molecular weight excluding hydrogens is 252 g/mol. The average Bonchev–Trinajstić information content (AvgIpc) is 2.65. The number of aryl methyl sites for hydroxylation is 2. The Kier molecular flexibility index (Phi) is 6.45. The van der Waals surface area contributed by atoms with E-state index in [-0.39, 0.29) is 13.8 Å². The van der Waals surface area contributed by atoms with E-state index in [1.807, 2.05) is 11.3 Å². The summed E-state index contributed by atoms with van der Waals surface area (Å²) < 4.78 is 0. The van der Waals surface area contributed by atoms with Gasteiger partial charge in [-0.25, -0.2) is 4.98 Å². The fourth-order valence-electron chi connectivity index (χ4n) is 2.41. The number of hydrogen-bond acceptors (Lipinski definition) is 3. The van der Waals surface area contributed by atoms with Crippen molar-refractivity contribution in [2.45, 2.75) is 51.9 Å². The monoisotopic (exact) mass is 274 g/mol. The first-order chi connectivity index (χ1) is 7.81. The molecule has 1 aliphatic rings. The largest absolute Gasteiger partial charge is 1.00 e. The molecule has 1 N–H and O–H groups in total. The molecule has 0 amide bonds. The predicted molar refractivity (Wildman–Crippen MR) is 71.4 cm³/mol. The summed E-state index contributed by atoms with van der Waals surface area (Å²) in [7, 11) is 0. The number of unbranched alkanes of at least 4 members (excludes halogenated alkanes) is 1. The molecule has 1 aromatic heterocycles. The van der Waals surface area contributed by atoms with Crippen molar-refractivity contribution in [2.24, 2.45) is 0 Å². The van der Waals surface area contributed by atoms with E-state index in [1.54, 1.807) is 4.88 Å². The standard InChI is InChI=1S/C13H22N2S.ClH/c1-3-4-8-14-9-11-6-5-7-12-13(11)15-10(2)16-12;/h11,14H,3-9H2,1-2H3;1H. The van der Waals surface area contributed by atoms with E-state index in [1.165, 1.54) is 42.8 Å². The Hall–Kier alpha value is -0.120. The second-order valence-corrected chi connectivity index (χ2v) is 5.98. The van der Waals surface area contributed by atoms with Crippen LogP contribution in [0.2, 0.25) is 0 Å². The first kappa shape index (κ1) is 14.9. The zero-order valence-electron chi connectivity index (χ0n) is 11.8. The number of nitrogens with zero attached hydrogens (tertiary/aromatic N) is 1. The highest BCUT2D eigenvalue weighted by Gasteiger charge is 2.23. The zero-order chi connectivity index (χ0) is 11.4. The van der Waals surface area contributed by atoms with Gasteiger partial charge in [-0.1, -0.05) is 13.3 Å². The SMILES string of the molecule is CCCCNCC1CCCc2sc(C)nc21.[Cl-].[H+]. The summed E-state index contributed by atoms with van der Waals surface area (Å²) >= 11 is 1.90. The van der Waals surface area contributed by atoms with Gasteiger partial charge in [-0.05, 0) is 39.2 Å². The van der Waals surface area contributed by atoms with E-state index in [0.717, 1.165) is 13.1 Å². The van der Waals surface area contributed by atoms with Gasteiger partial charge in [0.05, 0.1) is 10.7 Å². The maximum absolute atomic E-state index is 4.71. The molecule has 0 bridgehead atoms. The van der Waals surface area contributed by atoms with Gasteiger partial charge in [0.2, 0.25) is 0 Å². The average molecular weight is 275 g/mol. The van der Waals surface area contributed by atoms with E-state index >= 15 is 0 Å². The quantitative estimate of drug-likeness (QED) is 0.786. The molecule has 4 heteroatoms. The Bertz CT molecular complexity index is 344. The smallest absolute Gasteiger partial charge is 1.00 e. The van der Waals surface area contributed by atoms with Crippen LogP contribution in [0.5, 0.6) is 0 Å². The van der Waals surface area contributed by atoms with Gasteiger partial charge in [0.1, 0.15) is 0 Å². The van der Waals surface area contributed by atoms with Crippen molar-refractivity contribution >= 4 is 11.3 Å². The molecule has 1 unspecified atom stereocenters. The summed E-state index contributed by atoms with van der Waals surface area (Å²) in [5.74, 6) is 0.672. The van der Waals surface area contributed by atoms with Crippen molar-refractivity contribution < 1.29 is 13.8 Å². The van der Waals surface area contributed by atoms with Crippen molar-refractivity contribution in [3.05, 3.63) is 15.6 Å². The number of halogens is 1. The van der Waals surface area contributed by atoms with E-state index in [4.69, 9.17) is 4.98 Å². The summed E-state index contributed by atoms with van der Waals surface area (Å²) in [5.41, 5.74) is 1.40. The second kappa shape index (κ2) is 7.34. The minimum atomic E-state index is 0. The van der Waals surface area contributed by atoms with E-state index in [0.29, 0.717) is 5.92 Å². The van der Waals surface area contributed by atoms with Crippen LogP contribution in [-0.2, 0) is 6.42 Å². The number of hydrogen-bond donors (Lipinski definition) is 1. The van der Waals surface area contributed by atoms with Gasteiger partial charge < -0.3 is 17.7 Å². The third kappa shape index (κ3) is 3.94. The highest BCUT2D eigenvalue weighted by atomic mass is 35.5. The first-order valence-corrected chi connectivity index (χ1v) is 7.29. The zero-order valence-corrected chi connectivity index (χ0v) is 12.3. The number of thiazole rings is 1. The van der Waals surface area contributed by atoms with E-state index in [2.05, 4.69) is 19.2 Å². The second-order valence-electron chi connectivity index (χ2n) is 4.69. The van der Waals surface area contributed by atoms with E-state index in [9.17, 15) is 0 Å². The molecule has 1 aromatic rings. The van der Waals surface area contributed by atoms with Gasteiger partial charge in [-0.3, -0.25) is 0 Å². The molecular formula is C13H23ClN2S. The lowest BCUT2D eigenvalue weighted by Crippen LogP contribution is -3.00. The molecule has 17 heavy (non-hydrogen) atoms. The highest BCUT2D eigenvalue weighted by Crippen LogP contribution is 2.34. The van der Waals surface area contributed by atoms with Gasteiger partial charge >= 0.3 is 1.43 Å². The third-order valence-electron chi connectivity index (χ3n) is 3.28. The molecule has 1 atom stereocenters. The maximum Gasteiger partial charge on any atom is 1.00 e. The Balaban J connectivity index is 0.00000144. The van der Waals surface area contributed by atoms with Crippen LogP contribution in [0.1, 0.15) is 55.5 Å². The molecule has 2 nitrogen and oxygen atoms in total. The van der Waals surface area contributed by atoms with Crippen LogP contribution in [0.25, 0.3) is 0 Å². The molecule has 0 saturated carbocycles.